The Hall–Kier alpha value is -3.50. The number of ether oxygens (including phenoxy) is 10. The van der Waals surface area contributed by atoms with Crippen molar-refractivity contribution in [2.45, 2.75) is 462 Å². The molecule has 0 aromatic rings. The maximum absolute atomic E-state index is 12.4. The van der Waals surface area contributed by atoms with Crippen LogP contribution < -0.4 is 0 Å². The molecule has 0 aromatic carbocycles. The van der Waals surface area contributed by atoms with Crippen LogP contribution in [-0.4, -0.2) is 174 Å². The molecule has 0 aliphatic heterocycles. The first-order valence-corrected chi connectivity index (χ1v) is 46.2. The van der Waals surface area contributed by atoms with Crippen molar-refractivity contribution in [2.75, 3.05) is 81.3 Å². The minimum absolute atomic E-state index is 0.0622. The second-order valence-electron chi connectivity index (χ2n) is 32.3. The molecular weight excluding hydrogens is 1420 g/mol. The molecule has 0 heterocycles. The molecule has 664 valence electrons. The van der Waals surface area contributed by atoms with Crippen LogP contribution in [0.25, 0.3) is 0 Å². The van der Waals surface area contributed by atoms with Crippen molar-refractivity contribution >= 4 is 35.8 Å². The molecule has 20 heteroatoms. The van der Waals surface area contributed by atoms with Gasteiger partial charge in [0.1, 0.15) is 12.7 Å². The largest absolute Gasteiger partial charge is 0.466 e. The average molecular weight is 1600 g/mol. The van der Waals surface area contributed by atoms with Gasteiger partial charge in [0.15, 0.2) is 0 Å². The zero-order chi connectivity index (χ0) is 82.7. The van der Waals surface area contributed by atoms with Gasteiger partial charge >= 0.3 is 35.8 Å². The lowest BCUT2D eigenvalue weighted by Gasteiger charge is -2.18. The molecule has 8 atom stereocenters. The van der Waals surface area contributed by atoms with Crippen LogP contribution >= 0.6 is 0 Å². The Labute approximate surface area is 684 Å². The van der Waals surface area contributed by atoms with Crippen LogP contribution in [0.5, 0.6) is 0 Å². The number of esters is 6. The maximum Gasteiger partial charge on any atom is 0.306 e. The van der Waals surface area contributed by atoms with Gasteiger partial charge in [0, 0.05) is 79.8 Å². The first kappa shape index (κ1) is 111. The van der Waals surface area contributed by atoms with Gasteiger partial charge in [-0.05, 0) is 108 Å². The normalized spacial score (nSPS) is 13.6. The SMILES string of the molecule is CCCCCCCCC(C)C(O)CCCCCCCC(=O)OCCCOC(=O)CCCCCCCC(O)C(C)CCCCCCCC.COCC(O)CCCCCCCCC(=O)OCC(CCCCCCCCC(=O)OCCCOC(=O)CCCCCCCCC(COC)OC(=O)CCCCCCCCC(CO)OC)OC. The Balaban J connectivity index is 0. The Morgan fingerprint density at radius 3 is 0.830 bits per heavy atom. The lowest BCUT2D eigenvalue weighted by molar-refractivity contribution is -0.152. The molecule has 0 amide bonds. The van der Waals surface area contributed by atoms with E-state index >= 15 is 0 Å². The molecule has 0 spiro atoms. The highest BCUT2D eigenvalue weighted by Gasteiger charge is 2.19. The van der Waals surface area contributed by atoms with E-state index < -0.39 is 0 Å². The molecule has 0 fully saturated rings. The first-order chi connectivity index (χ1) is 54.5. The van der Waals surface area contributed by atoms with Gasteiger partial charge in [-0.2, -0.15) is 0 Å². The topological polar surface area (TPSA) is 276 Å². The summed E-state index contributed by atoms with van der Waals surface area (Å²) in [4.78, 5) is 72.7. The van der Waals surface area contributed by atoms with Gasteiger partial charge < -0.3 is 67.8 Å². The van der Waals surface area contributed by atoms with E-state index in [2.05, 4.69) is 27.7 Å². The molecular formula is C92H176O20. The van der Waals surface area contributed by atoms with Crippen molar-refractivity contribution in [1.29, 1.82) is 0 Å². The fourth-order valence-electron chi connectivity index (χ4n) is 14.0. The van der Waals surface area contributed by atoms with Gasteiger partial charge in [-0.1, -0.05) is 278 Å². The second kappa shape index (κ2) is 86.8. The van der Waals surface area contributed by atoms with Crippen LogP contribution in [0.3, 0.4) is 0 Å². The highest BCUT2D eigenvalue weighted by Crippen LogP contribution is 2.24. The van der Waals surface area contributed by atoms with E-state index in [0.29, 0.717) is 96.2 Å². The monoisotopic (exact) mass is 1600 g/mol. The maximum atomic E-state index is 12.4. The minimum atomic E-state index is -0.374. The zero-order valence-corrected chi connectivity index (χ0v) is 73.4. The summed E-state index contributed by atoms with van der Waals surface area (Å²) in [6.07, 6.45) is 59.7. The molecule has 0 saturated carbocycles. The molecule has 0 aliphatic rings. The third-order valence-electron chi connectivity index (χ3n) is 21.7. The molecule has 0 saturated heterocycles. The van der Waals surface area contributed by atoms with E-state index in [1.807, 2.05) is 0 Å². The van der Waals surface area contributed by atoms with Crippen LogP contribution in [0.1, 0.15) is 426 Å². The molecule has 0 radical (unpaired) electrons. The van der Waals surface area contributed by atoms with Crippen molar-refractivity contribution in [3.05, 3.63) is 0 Å². The summed E-state index contributed by atoms with van der Waals surface area (Å²) in [5.41, 5.74) is 0. The highest BCUT2D eigenvalue weighted by atomic mass is 16.6. The lowest BCUT2D eigenvalue weighted by atomic mass is 9.93. The van der Waals surface area contributed by atoms with Crippen LogP contribution in [-0.2, 0) is 76.1 Å². The first-order valence-electron chi connectivity index (χ1n) is 46.2. The molecule has 20 nitrogen and oxygen atoms in total. The Kier molecular flexibility index (Phi) is 85.7. The third kappa shape index (κ3) is 80.3. The highest BCUT2D eigenvalue weighted by molar-refractivity contribution is 5.71. The van der Waals surface area contributed by atoms with E-state index in [-0.39, 0.29) is 92.3 Å². The third-order valence-corrected chi connectivity index (χ3v) is 21.7. The second-order valence-corrected chi connectivity index (χ2v) is 32.3. The van der Waals surface area contributed by atoms with Crippen molar-refractivity contribution in [2.24, 2.45) is 11.8 Å². The molecule has 4 N–H and O–H groups in total. The smallest absolute Gasteiger partial charge is 0.306 e. The van der Waals surface area contributed by atoms with Gasteiger partial charge in [-0.25, -0.2) is 0 Å². The number of unbranched alkanes of at least 4 members (excludes halogenated alkanes) is 38. The van der Waals surface area contributed by atoms with Gasteiger partial charge in [0.05, 0.1) is 76.8 Å². The van der Waals surface area contributed by atoms with E-state index in [1.165, 1.54) is 77.0 Å². The zero-order valence-electron chi connectivity index (χ0n) is 73.4. The van der Waals surface area contributed by atoms with Crippen LogP contribution in [0, 0.1) is 11.8 Å². The van der Waals surface area contributed by atoms with Gasteiger partial charge in [-0.3, -0.25) is 28.8 Å². The number of hydrogen-bond donors (Lipinski definition) is 4. The number of hydrogen-bond acceptors (Lipinski definition) is 20. The minimum Gasteiger partial charge on any atom is -0.466 e. The number of methoxy groups -OCH3 is 4. The number of carbonyl (C=O) groups excluding carboxylic acids is 6. The summed E-state index contributed by atoms with van der Waals surface area (Å²) in [7, 11) is 6.51. The fourth-order valence-corrected chi connectivity index (χ4v) is 14.0. The van der Waals surface area contributed by atoms with Crippen molar-refractivity contribution in [3.8, 4) is 0 Å². The van der Waals surface area contributed by atoms with E-state index in [4.69, 9.17) is 47.4 Å². The lowest BCUT2D eigenvalue weighted by Crippen LogP contribution is -2.23. The molecule has 0 bridgehead atoms. The Morgan fingerprint density at radius 1 is 0.259 bits per heavy atom. The molecule has 0 aromatic heterocycles. The van der Waals surface area contributed by atoms with Crippen LogP contribution in [0.4, 0.5) is 0 Å². The van der Waals surface area contributed by atoms with E-state index in [0.717, 1.165) is 270 Å². The molecule has 0 aliphatic carbocycles. The average Bonchev–Trinajstić information content (AvgIpc) is 0.989. The fraction of sp³-hybridized carbons (Fsp3) is 0.935. The summed E-state index contributed by atoms with van der Waals surface area (Å²) >= 11 is 0. The summed E-state index contributed by atoms with van der Waals surface area (Å²) < 4.78 is 53.3. The Morgan fingerprint density at radius 2 is 0.518 bits per heavy atom. The standard InChI is InChI=1S/C51H96O14.C41H80O6/c1-58-41-44(53)30-21-13-5-9-19-27-36-50(56)64-43-46(61-4)32-23-15-7-10-17-25-34-48(54)62-38-29-39-63-49(55)35-26-18-11-8-16-24-33-47(42-59-2)65-51(57)37-28-20-12-6-14-22-31-45(40-52)60-3;1-5-7-9-11-15-21-28-36(3)38(42)30-23-17-13-19-25-32-40(44)46-34-27-35-47-41(45)33-26-20-14-18-24-31-39(43)37(4)29-22-16-12-10-8-6-2/h44-47,52-53H,5-43H2,1-4H3;36-39,42-43H,5-35H2,1-4H3. The Bertz CT molecular complexity index is 1990. The summed E-state index contributed by atoms with van der Waals surface area (Å²) in [6, 6.07) is 0. The summed E-state index contributed by atoms with van der Waals surface area (Å²) in [5, 5.41) is 39.7. The number of aliphatic hydroxyl groups excluding tert-OH is 4. The number of aliphatic hydroxyl groups is 4. The van der Waals surface area contributed by atoms with Crippen molar-refractivity contribution in [1.82, 2.24) is 0 Å². The van der Waals surface area contributed by atoms with Crippen LogP contribution in [0.2, 0.25) is 0 Å². The van der Waals surface area contributed by atoms with E-state index in [9.17, 15) is 49.2 Å². The van der Waals surface area contributed by atoms with E-state index in [1.54, 1.807) is 28.4 Å². The predicted molar refractivity (Wildman–Crippen MR) is 451 cm³/mol. The molecule has 0 rings (SSSR count). The summed E-state index contributed by atoms with van der Waals surface area (Å²) in [5.74, 6) is -0.306. The van der Waals surface area contributed by atoms with Gasteiger partial charge in [0.25, 0.3) is 0 Å². The quantitative estimate of drug-likeness (QED) is 0.0250. The summed E-state index contributed by atoms with van der Waals surface area (Å²) in [6.45, 7) is 11.1. The van der Waals surface area contributed by atoms with Crippen LogP contribution in [0.15, 0.2) is 0 Å². The molecule has 112 heavy (non-hydrogen) atoms. The number of carbonyl (C=O) groups is 6. The number of rotatable bonds is 86. The molecule has 8 unspecified atom stereocenters. The van der Waals surface area contributed by atoms with Crippen molar-refractivity contribution in [3.63, 3.8) is 0 Å². The predicted octanol–water partition coefficient (Wildman–Crippen LogP) is 21.5. The van der Waals surface area contributed by atoms with Crippen molar-refractivity contribution < 1.29 is 96.6 Å². The van der Waals surface area contributed by atoms with Gasteiger partial charge in [0.2, 0.25) is 0 Å². The van der Waals surface area contributed by atoms with Gasteiger partial charge in [-0.15, -0.1) is 0 Å².